The maximum atomic E-state index is 11.4. The van der Waals surface area contributed by atoms with Crippen LogP contribution in [0.5, 0.6) is 0 Å². The van der Waals surface area contributed by atoms with Crippen LogP contribution in [0.25, 0.3) is 11.0 Å². The van der Waals surface area contributed by atoms with Gasteiger partial charge in [-0.2, -0.15) is 0 Å². The van der Waals surface area contributed by atoms with Gasteiger partial charge in [0.15, 0.2) is 0 Å². The van der Waals surface area contributed by atoms with Crippen molar-refractivity contribution in [3.05, 3.63) is 29.6 Å². The monoisotopic (exact) mass is 321 g/mol. The van der Waals surface area contributed by atoms with Gasteiger partial charge >= 0.3 is 0 Å². The molecule has 22 heavy (non-hydrogen) atoms. The third kappa shape index (κ3) is 3.39. The highest BCUT2D eigenvalue weighted by Crippen LogP contribution is 2.18. The number of aryl methyl sites for hydroxylation is 2. The van der Waals surface area contributed by atoms with E-state index in [-0.39, 0.29) is 0 Å². The number of β-amino-alcohol motifs (C(OH)–C–C–N with tert-alkyl or cyclic N) is 1. The van der Waals surface area contributed by atoms with Gasteiger partial charge in [0.1, 0.15) is 0 Å². The van der Waals surface area contributed by atoms with E-state index in [2.05, 4.69) is 35.9 Å². The number of hydrogen-bond acceptors (Lipinski definition) is 4. The lowest BCUT2D eigenvalue weighted by atomic mass is 10.1. The first-order valence-electron chi connectivity index (χ1n) is 7.70. The summed E-state index contributed by atoms with van der Waals surface area (Å²) in [6.07, 6.45) is 1.36. The van der Waals surface area contributed by atoms with Crippen LogP contribution in [0.3, 0.4) is 0 Å². The lowest BCUT2D eigenvalue weighted by molar-refractivity contribution is 0.103. The topological polar surface area (TPSA) is 58.4 Å². The standard InChI is InChI=1S/C16H23N3O2S/c1-12-7-15-16(8-13(12)2)19(11-17-15)10-14(20)9-18-3-5-22(21)6-4-18/h7-8,11,14,20H,3-6,9-10H2,1-2H3/t14-/m0/s1. The summed E-state index contributed by atoms with van der Waals surface area (Å²) in [6.45, 7) is 6.97. The van der Waals surface area contributed by atoms with E-state index in [9.17, 15) is 9.32 Å². The zero-order chi connectivity index (χ0) is 15.7. The fourth-order valence-electron chi connectivity index (χ4n) is 2.90. The fourth-order valence-corrected chi connectivity index (χ4v) is 4.03. The lowest BCUT2D eigenvalue weighted by Gasteiger charge is -2.28. The number of nitrogens with zero attached hydrogens (tertiary/aromatic N) is 3. The second kappa shape index (κ2) is 6.48. The molecule has 6 heteroatoms. The predicted molar refractivity (Wildman–Crippen MR) is 89.5 cm³/mol. The van der Waals surface area contributed by atoms with Crippen LogP contribution in [0.15, 0.2) is 18.5 Å². The Balaban J connectivity index is 1.67. The highest BCUT2D eigenvalue weighted by molar-refractivity contribution is 7.85. The minimum Gasteiger partial charge on any atom is -0.390 e. The number of rotatable bonds is 4. The molecule has 2 heterocycles. The van der Waals surface area contributed by atoms with Gasteiger partial charge in [-0.05, 0) is 37.1 Å². The fraction of sp³-hybridized carbons (Fsp3) is 0.562. The maximum Gasteiger partial charge on any atom is 0.0959 e. The molecule has 1 saturated heterocycles. The molecular formula is C16H23N3O2S. The van der Waals surface area contributed by atoms with E-state index >= 15 is 0 Å². The summed E-state index contributed by atoms with van der Waals surface area (Å²) in [5, 5.41) is 10.4. The van der Waals surface area contributed by atoms with Crippen LogP contribution in [-0.2, 0) is 17.3 Å². The zero-order valence-electron chi connectivity index (χ0n) is 13.2. The Bertz CT molecular complexity index is 688. The van der Waals surface area contributed by atoms with Gasteiger partial charge in [-0.15, -0.1) is 0 Å². The Morgan fingerprint density at radius 2 is 1.91 bits per heavy atom. The summed E-state index contributed by atoms with van der Waals surface area (Å²) in [4.78, 5) is 6.62. The quantitative estimate of drug-likeness (QED) is 0.915. The molecule has 0 amide bonds. The molecule has 1 atom stereocenters. The minimum atomic E-state index is -0.669. The average molecular weight is 321 g/mol. The van der Waals surface area contributed by atoms with Crippen molar-refractivity contribution < 1.29 is 9.32 Å². The van der Waals surface area contributed by atoms with Gasteiger partial charge in [-0.1, -0.05) is 0 Å². The molecule has 1 aliphatic rings. The Morgan fingerprint density at radius 3 is 2.64 bits per heavy atom. The highest BCUT2D eigenvalue weighted by atomic mass is 32.2. The molecule has 2 aromatic rings. The van der Waals surface area contributed by atoms with E-state index in [0.717, 1.165) is 35.6 Å². The van der Waals surface area contributed by atoms with Gasteiger partial charge in [0.05, 0.1) is 30.0 Å². The molecule has 1 aromatic heterocycles. The van der Waals surface area contributed by atoms with Crippen LogP contribution < -0.4 is 0 Å². The largest absolute Gasteiger partial charge is 0.390 e. The van der Waals surface area contributed by atoms with E-state index in [0.29, 0.717) is 13.1 Å². The molecule has 1 aliphatic heterocycles. The molecular weight excluding hydrogens is 298 g/mol. The Kier molecular flexibility index (Phi) is 4.61. The summed E-state index contributed by atoms with van der Waals surface area (Å²) in [5.41, 5.74) is 4.52. The van der Waals surface area contributed by atoms with Crippen molar-refractivity contribution in [2.75, 3.05) is 31.1 Å². The Hall–Kier alpha value is -1.24. The number of benzene rings is 1. The van der Waals surface area contributed by atoms with Crippen molar-refractivity contribution in [3.8, 4) is 0 Å². The van der Waals surface area contributed by atoms with Gasteiger partial charge in [0, 0.05) is 41.9 Å². The molecule has 0 aliphatic carbocycles. The van der Waals surface area contributed by atoms with Crippen LogP contribution in [-0.4, -0.2) is 61.0 Å². The molecule has 0 unspecified atom stereocenters. The van der Waals surface area contributed by atoms with E-state index < -0.39 is 16.9 Å². The van der Waals surface area contributed by atoms with Gasteiger partial charge in [-0.3, -0.25) is 9.11 Å². The van der Waals surface area contributed by atoms with Gasteiger partial charge in [-0.25, -0.2) is 4.98 Å². The lowest BCUT2D eigenvalue weighted by Crippen LogP contribution is -2.42. The van der Waals surface area contributed by atoms with Crippen LogP contribution in [0.1, 0.15) is 11.1 Å². The summed E-state index contributed by atoms with van der Waals surface area (Å²) in [5.74, 6) is 1.44. The van der Waals surface area contributed by atoms with Crippen LogP contribution in [0, 0.1) is 13.8 Å². The molecule has 3 rings (SSSR count). The Labute approximate surface area is 133 Å². The number of imidazole rings is 1. The minimum absolute atomic E-state index is 0.439. The number of fused-ring (bicyclic) bond motifs is 1. The molecule has 0 radical (unpaired) electrons. The van der Waals surface area contributed by atoms with Crippen molar-refractivity contribution in [2.45, 2.75) is 26.5 Å². The summed E-state index contributed by atoms with van der Waals surface area (Å²) in [7, 11) is -0.669. The second-order valence-electron chi connectivity index (χ2n) is 6.12. The summed E-state index contributed by atoms with van der Waals surface area (Å²) < 4.78 is 13.4. The molecule has 0 spiro atoms. The molecule has 0 saturated carbocycles. The molecule has 1 aromatic carbocycles. The average Bonchev–Trinajstić information content (AvgIpc) is 2.84. The summed E-state index contributed by atoms with van der Waals surface area (Å²) >= 11 is 0. The van der Waals surface area contributed by atoms with Crippen molar-refractivity contribution >= 4 is 21.8 Å². The van der Waals surface area contributed by atoms with Crippen LogP contribution in [0.2, 0.25) is 0 Å². The maximum absolute atomic E-state index is 11.4. The highest BCUT2D eigenvalue weighted by Gasteiger charge is 2.18. The second-order valence-corrected chi connectivity index (χ2v) is 7.82. The zero-order valence-corrected chi connectivity index (χ0v) is 14.0. The predicted octanol–water partition coefficient (Wildman–Crippen LogP) is 1.08. The molecule has 120 valence electrons. The van der Waals surface area contributed by atoms with Crippen molar-refractivity contribution in [1.29, 1.82) is 0 Å². The van der Waals surface area contributed by atoms with Gasteiger partial charge in [0.2, 0.25) is 0 Å². The normalized spacial score (nSPS) is 18.9. The Morgan fingerprint density at radius 1 is 1.23 bits per heavy atom. The summed E-state index contributed by atoms with van der Waals surface area (Å²) in [6, 6.07) is 4.22. The van der Waals surface area contributed by atoms with Crippen molar-refractivity contribution in [2.24, 2.45) is 0 Å². The van der Waals surface area contributed by atoms with Crippen LogP contribution in [0.4, 0.5) is 0 Å². The molecule has 5 nitrogen and oxygen atoms in total. The number of aliphatic hydroxyl groups is 1. The van der Waals surface area contributed by atoms with Crippen LogP contribution >= 0.6 is 0 Å². The van der Waals surface area contributed by atoms with Gasteiger partial charge in [0.25, 0.3) is 0 Å². The first-order chi connectivity index (χ1) is 10.5. The first kappa shape index (κ1) is 15.6. The third-order valence-electron chi connectivity index (χ3n) is 4.38. The van der Waals surface area contributed by atoms with E-state index in [4.69, 9.17) is 0 Å². The SMILES string of the molecule is Cc1cc2ncn(C[C@@H](O)CN3CCS(=O)CC3)c2cc1C. The first-order valence-corrected chi connectivity index (χ1v) is 9.19. The molecule has 0 bridgehead atoms. The van der Waals surface area contributed by atoms with Crippen molar-refractivity contribution in [3.63, 3.8) is 0 Å². The third-order valence-corrected chi connectivity index (χ3v) is 5.66. The van der Waals surface area contributed by atoms with E-state index in [1.54, 1.807) is 6.33 Å². The number of aliphatic hydroxyl groups excluding tert-OH is 1. The molecule has 1 fully saturated rings. The smallest absolute Gasteiger partial charge is 0.0959 e. The van der Waals surface area contributed by atoms with E-state index in [1.165, 1.54) is 11.1 Å². The number of aromatic nitrogens is 2. The number of hydrogen-bond donors (Lipinski definition) is 1. The molecule has 1 N–H and O–H groups in total. The van der Waals surface area contributed by atoms with E-state index in [1.807, 2.05) is 4.57 Å². The van der Waals surface area contributed by atoms with Crippen molar-refractivity contribution in [1.82, 2.24) is 14.5 Å². The van der Waals surface area contributed by atoms with Gasteiger partial charge < -0.3 is 9.67 Å².